The summed E-state index contributed by atoms with van der Waals surface area (Å²) in [6.45, 7) is 4.17. The lowest BCUT2D eigenvalue weighted by molar-refractivity contribution is 0.378. The highest BCUT2D eigenvalue weighted by Crippen LogP contribution is 2.40. The maximum atomic E-state index is 6.13. The molecule has 0 aliphatic carbocycles. The molecular weight excluding hydrogens is 270 g/mol. The predicted molar refractivity (Wildman–Crippen MR) is 69.0 cm³/mol. The van der Waals surface area contributed by atoms with Gasteiger partial charge in [0.1, 0.15) is 16.0 Å². The first-order chi connectivity index (χ1) is 7.52. The van der Waals surface area contributed by atoms with Gasteiger partial charge in [0, 0.05) is 11.6 Å². The van der Waals surface area contributed by atoms with Crippen molar-refractivity contribution >= 4 is 15.9 Å². The minimum atomic E-state index is -0.0443. The molecule has 1 aromatic rings. The molecule has 0 saturated heterocycles. The quantitative estimate of drug-likeness (QED) is 0.925. The SMILES string of the molecule is COc1ccc(C(N)C(C)C)c(OC)c1Br. The number of rotatable bonds is 4. The first-order valence-electron chi connectivity index (χ1n) is 5.18. The van der Waals surface area contributed by atoms with Crippen LogP contribution in [-0.4, -0.2) is 14.2 Å². The molecule has 1 unspecified atom stereocenters. The molecule has 0 radical (unpaired) electrons. The van der Waals surface area contributed by atoms with Crippen LogP contribution in [0.4, 0.5) is 0 Å². The van der Waals surface area contributed by atoms with Crippen molar-refractivity contribution in [3.63, 3.8) is 0 Å². The fourth-order valence-corrected chi connectivity index (χ4v) is 2.22. The van der Waals surface area contributed by atoms with E-state index in [1.54, 1.807) is 14.2 Å². The highest BCUT2D eigenvalue weighted by atomic mass is 79.9. The van der Waals surface area contributed by atoms with Crippen LogP contribution in [0.1, 0.15) is 25.5 Å². The summed E-state index contributed by atoms with van der Waals surface area (Å²) in [5.74, 6) is 1.85. The van der Waals surface area contributed by atoms with Crippen LogP contribution in [0.2, 0.25) is 0 Å². The molecule has 0 bridgehead atoms. The molecule has 0 spiro atoms. The summed E-state index contributed by atoms with van der Waals surface area (Å²) >= 11 is 3.46. The second-order valence-electron chi connectivity index (χ2n) is 3.97. The molecule has 0 aromatic heterocycles. The molecule has 0 aliphatic rings. The third-order valence-electron chi connectivity index (χ3n) is 2.59. The van der Waals surface area contributed by atoms with Gasteiger partial charge in [0.05, 0.1) is 14.2 Å². The predicted octanol–water partition coefficient (Wildman–Crippen LogP) is 3.12. The summed E-state index contributed by atoms with van der Waals surface area (Å²) in [6.07, 6.45) is 0. The Hall–Kier alpha value is -0.740. The number of hydrogen-bond donors (Lipinski definition) is 1. The summed E-state index contributed by atoms with van der Waals surface area (Å²) in [6, 6.07) is 3.80. The molecule has 0 saturated carbocycles. The standard InChI is InChI=1S/C12H18BrNO2/c1-7(2)11(14)8-5-6-9(15-3)10(13)12(8)16-4/h5-7,11H,14H2,1-4H3. The number of methoxy groups -OCH3 is 2. The highest BCUT2D eigenvalue weighted by Gasteiger charge is 2.19. The van der Waals surface area contributed by atoms with E-state index in [1.165, 1.54) is 0 Å². The van der Waals surface area contributed by atoms with Gasteiger partial charge in [0.2, 0.25) is 0 Å². The van der Waals surface area contributed by atoms with Crippen molar-refractivity contribution < 1.29 is 9.47 Å². The molecule has 4 heteroatoms. The van der Waals surface area contributed by atoms with Crippen LogP contribution in [0.25, 0.3) is 0 Å². The minimum absolute atomic E-state index is 0.0443. The van der Waals surface area contributed by atoms with Crippen LogP contribution in [0.3, 0.4) is 0 Å². The molecular formula is C12H18BrNO2. The van der Waals surface area contributed by atoms with Crippen molar-refractivity contribution in [3.8, 4) is 11.5 Å². The number of ether oxygens (including phenoxy) is 2. The maximum Gasteiger partial charge on any atom is 0.141 e. The third kappa shape index (κ3) is 2.50. The Labute approximate surface area is 105 Å². The molecule has 2 N–H and O–H groups in total. The Morgan fingerprint density at radius 1 is 1.19 bits per heavy atom. The zero-order chi connectivity index (χ0) is 12.3. The molecule has 1 aromatic carbocycles. The van der Waals surface area contributed by atoms with E-state index in [0.29, 0.717) is 5.92 Å². The van der Waals surface area contributed by atoms with Crippen molar-refractivity contribution in [3.05, 3.63) is 22.2 Å². The summed E-state index contributed by atoms with van der Waals surface area (Å²) in [4.78, 5) is 0. The average Bonchev–Trinajstić information content (AvgIpc) is 2.27. The Bertz CT molecular complexity index is 366. The second kappa shape index (κ2) is 5.55. The lowest BCUT2D eigenvalue weighted by Gasteiger charge is -2.20. The lowest BCUT2D eigenvalue weighted by atomic mass is 9.96. The molecule has 3 nitrogen and oxygen atoms in total. The van der Waals surface area contributed by atoms with Gasteiger partial charge < -0.3 is 15.2 Å². The second-order valence-corrected chi connectivity index (χ2v) is 4.77. The first kappa shape index (κ1) is 13.3. The molecule has 1 atom stereocenters. The molecule has 90 valence electrons. The monoisotopic (exact) mass is 287 g/mol. The van der Waals surface area contributed by atoms with E-state index in [-0.39, 0.29) is 6.04 Å². The van der Waals surface area contributed by atoms with Gasteiger partial charge in [-0.25, -0.2) is 0 Å². The Kier molecular flexibility index (Phi) is 4.62. The van der Waals surface area contributed by atoms with Crippen molar-refractivity contribution in [1.82, 2.24) is 0 Å². The molecule has 16 heavy (non-hydrogen) atoms. The van der Waals surface area contributed by atoms with Crippen LogP contribution in [0.15, 0.2) is 16.6 Å². The third-order valence-corrected chi connectivity index (χ3v) is 3.34. The van der Waals surface area contributed by atoms with E-state index in [2.05, 4.69) is 29.8 Å². The summed E-state index contributed by atoms with van der Waals surface area (Å²) in [7, 11) is 3.26. The van der Waals surface area contributed by atoms with E-state index < -0.39 is 0 Å². The lowest BCUT2D eigenvalue weighted by Crippen LogP contribution is -2.17. The highest BCUT2D eigenvalue weighted by molar-refractivity contribution is 9.10. The molecule has 0 aliphatic heterocycles. The average molecular weight is 288 g/mol. The Morgan fingerprint density at radius 2 is 1.81 bits per heavy atom. The van der Waals surface area contributed by atoms with Crippen molar-refractivity contribution in [2.45, 2.75) is 19.9 Å². The van der Waals surface area contributed by atoms with Crippen LogP contribution >= 0.6 is 15.9 Å². The molecule has 0 fully saturated rings. The van der Waals surface area contributed by atoms with Crippen molar-refractivity contribution in [1.29, 1.82) is 0 Å². The summed E-state index contributed by atoms with van der Waals surface area (Å²) in [5, 5.41) is 0. The minimum Gasteiger partial charge on any atom is -0.495 e. The van der Waals surface area contributed by atoms with Gasteiger partial charge in [0.25, 0.3) is 0 Å². The van der Waals surface area contributed by atoms with Gasteiger partial charge >= 0.3 is 0 Å². The summed E-state index contributed by atoms with van der Waals surface area (Å²) < 4.78 is 11.4. The Balaban J connectivity index is 3.25. The van der Waals surface area contributed by atoms with E-state index in [0.717, 1.165) is 21.5 Å². The fraction of sp³-hybridized carbons (Fsp3) is 0.500. The maximum absolute atomic E-state index is 6.13. The van der Waals surface area contributed by atoms with Gasteiger partial charge in [-0.3, -0.25) is 0 Å². The van der Waals surface area contributed by atoms with Crippen molar-refractivity contribution in [2.24, 2.45) is 11.7 Å². The van der Waals surface area contributed by atoms with Gasteiger partial charge in [0.15, 0.2) is 0 Å². The van der Waals surface area contributed by atoms with E-state index in [1.807, 2.05) is 12.1 Å². The van der Waals surface area contributed by atoms with Crippen molar-refractivity contribution in [2.75, 3.05) is 14.2 Å². The van der Waals surface area contributed by atoms with Gasteiger partial charge in [-0.1, -0.05) is 13.8 Å². The molecule has 1 rings (SSSR count). The number of benzene rings is 1. The zero-order valence-electron chi connectivity index (χ0n) is 10.1. The van der Waals surface area contributed by atoms with Gasteiger partial charge in [-0.2, -0.15) is 0 Å². The van der Waals surface area contributed by atoms with Crippen LogP contribution in [0, 0.1) is 5.92 Å². The van der Waals surface area contributed by atoms with Crippen LogP contribution in [0.5, 0.6) is 11.5 Å². The van der Waals surface area contributed by atoms with Gasteiger partial charge in [-0.05, 0) is 34.0 Å². The van der Waals surface area contributed by atoms with Crippen LogP contribution in [-0.2, 0) is 0 Å². The van der Waals surface area contributed by atoms with Crippen LogP contribution < -0.4 is 15.2 Å². The number of halogens is 1. The largest absolute Gasteiger partial charge is 0.495 e. The molecule has 0 heterocycles. The number of nitrogens with two attached hydrogens (primary N) is 1. The summed E-state index contributed by atoms with van der Waals surface area (Å²) in [5.41, 5.74) is 7.12. The molecule has 0 amide bonds. The Morgan fingerprint density at radius 3 is 2.25 bits per heavy atom. The van der Waals surface area contributed by atoms with E-state index in [9.17, 15) is 0 Å². The topological polar surface area (TPSA) is 44.5 Å². The zero-order valence-corrected chi connectivity index (χ0v) is 11.7. The number of hydrogen-bond acceptors (Lipinski definition) is 3. The fourth-order valence-electron chi connectivity index (χ4n) is 1.54. The first-order valence-corrected chi connectivity index (χ1v) is 5.98. The van der Waals surface area contributed by atoms with Gasteiger partial charge in [-0.15, -0.1) is 0 Å². The smallest absolute Gasteiger partial charge is 0.141 e. The van der Waals surface area contributed by atoms with E-state index >= 15 is 0 Å². The normalized spacial score (nSPS) is 12.7. The van der Waals surface area contributed by atoms with E-state index in [4.69, 9.17) is 15.2 Å².